The number of anilines is 2. The van der Waals surface area contributed by atoms with Gasteiger partial charge in [0.1, 0.15) is 17.4 Å². The first-order valence-corrected chi connectivity index (χ1v) is 11.2. The Labute approximate surface area is 200 Å². The summed E-state index contributed by atoms with van der Waals surface area (Å²) in [7, 11) is 1.72. The summed E-state index contributed by atoms with van der Waals surface area (Å²) >= 11 is 1.33. The molecule has 0 unspecified atom stereocenters. The van der Waals surface area contributed by atoms with Crippen LogP contribution in [0, 0.1) is 12.7 Å². The van der Waals surface area contributed by atoms with Gasteiger partial charge in [0.2, 0.25) is 0 Å². The summed E-state index contributed by atoms with van der Waals surface area (Å²) < 4.78 is 25.9. The summed E-state index contributed by atoms with van der Waals surface area (Å²) in [6, 6.07) is 8.93. The van der Waals surface area contributed by atoms with Gasteiger partial charge in [-0.2, -0.15) is 14.5 Å². The Morgan fingerprint density at radius 3 is 2.62 bits per heavy atom. The summed E-state index contributed by atoms with van der Waals surface area (Å²) in [6.45, 7) is 7.98. The number of aromatic nitrogens is 5. The molecule has 0 saturated carbocycles. The van der Waals surface area contributed by atoms with Crippen molar-refractivity contribution >= 4 is 29.1 Å². The number of ether oxygens (including phenoxy) is 1. The number of aryl methyl sites for hydroxylation is 2. The normalized spacial score (nSPS) is 11.4. The third kappa shape index (κ3) is 5.37. The molecule has 0 aliphatic rings. The van der Waals surface area contributed by atoms with Gasteiger partial charge in [0.25, 0.3) is 0 Å². The zero-order chi connectivity index (χ0) is 24.5. The van der Waals surface area contributed by atoms with Gasteiger partial charge >= 0.3 is 12.0 Å². The van der Waals surface area contributed by atoms with Crippen LogP contribution in [0.1, 0.15) is 32.2 Å². The van der Waals surface area contributed by atoms with Gasteiger partial charge in [-0.05, 0) is 42.7 Å². The molecule has 0 bridgehead atoms. The molecule has 2 N–H and O–H groups in total. The van der Waals surface area contributed by atoms with E-state index < -0.39 is 11.8 Å². The van der Waals surface area contributed by atoms with Gasteiger partial charge in [-0.3, -0.25) is 10.00 Å². The highest BCUT2D eigenvalue weighted by Gasteiger charge is 2.20. The molecule has 9 nitrogen and oxygen atoms in total. The summed E-state index contributed by atoms with van der Waals surface area (Å²) in [5.74, 6) is 0.140. The minimum atomic E-state index is -0.613. The van der Waals surface area contributed by atoms with Crippen LogP contribution in [-0.2, 0) is 12.5 Å². The Balaban J connectivity index is 1.47. The number of rotatable bonds is 5. The molecule has 34 heavy (non-hydrogen) atoms. The maximum atomic E-state index is 14.4. The SMILES string of the molecule is Cc1cc(-c2ccnc(Oc3ccc(F)c(NC(=O)Nc4cc(C(C)(C)C)nn4C)c3)n2)sn1. The van der Waals surface area contributed by atoms with Gasteiger partial charge in [0.15, 0.2) is 0 Å². The largest absolute Gasteiger partial charge is 0.424 e. The number of urea groups is 1. The average molecular weight is 482 g/mol. The van der Waals surface area contributed by atoms with E-state index in [0.29, 0.717) is 11.5 Å². The first kappa shape index (κ1) is 23.3. The van der Waals surface area contributed by atoms with Crippen LogP contribution in [0.15, 0.2) is 42.6 Å². The standard InChI is InChI=1S/C23H24FN7O2S/c1-13-10-18(34-30-13)16-8-9-25-22(27-16)33-14-6-7-15(24)17(11-14)26-21(32)28-20-12-19(23(2,3)4)29-31(20)5/h6-12H,1-5H3,(H2,26,28,32). The minimum absolute atomic E-state index is 0.0533. The quantitative estimate of drug-likeness (QED) is 0.389. The highest BCUT2D eigenvalue weighted by Crippen LogP contribution is 2.28. The number of nitrogens with one attached hydrogen (secondary N) is 2. The van der Waals surface area contributed by atoms with Crippen molar-refractivity contribution in [2.75, 3.05) is 10.6 Å². The van der Waals surface area contributed by atoms with Crippen LogP contribution in [-0.4, -0.2) is 30.2 Å². The lowest BCUT2D eigenvalue weighted by atomic mass is 9.92. The van der Waals surface area contributed by atoms with E-state index in [2.05, 4.69) is 30.1 Å². The summed E-state index contributed by atoms with van der Waals surface area (Å²) in [6.07, 6.45) is 1.57. The van der Waals surface area contributed by atoms with E-state index in [4.69, 9.17) is 4.74 Å². The molecule has 3 aromatic heterocycles. The van der Waals surface area contributed by atoms with Gasteiger partial charge < -0.3 is 10.1 Å². The number of carbonyl (C=O) groups is 1. The van der Waals surface area contributed by atoms with Crippen LogP contribution < -0.4 is 15.4 Å². The van der Waals surface area contributed by atoms with Crippen LogP contribution in [0.2, 0.25) is 0 Å². The molecule has 4 rings (SSSR count). The van der Waals surface area contributed by atoms with E-state index in [1.165, 1.54) is 29.7 Å². The predicted molar refractivity (Wildman–Crippen MR) is 129 cm³/mol. The number of hydrogen-bond donors (Lipinski definition) is 2. The molecular weight excluding hydrogens is 457 g/mol. The topological polar surface area (TPSA) is 107 Å². The summed E-state index contributed by atoms with van der Waals surface area (Å²) in [4.78, 5) is 21.9. The predicted octanol–water partition coefficient (Wildman–Crippen LogP) is 5.51. The second-order valence-corrected chi connectivity index (χ2v) is 9.47. The molecule has 0 radical (unpaired) electrons. The van der Waals surface area contributed by atoms with Crippen LogP contribution >= 0.6 is 11.5 Å². The molecule has 4 aromatic rings. The molecule has 0 aliphatic heterocycles. The lowest BCUT2D eigenvalue weighted by molar-refractivity contribution is 0.262. The van der Waals surface area contributed by atoms with E-state index in [1.54, 1.807) is 30.1 Å². The van der Waals surface area contributed by atoms with Crippen molar-refractivity contribution in [2.24, 2.45) is 7.05 Å². The van der Waals surface area contributed by atoms with Crippen LogP contribution in [0.25, 0.3) is 10.6 Å². The van der Waals surface area contributed by atoms with Crippen molar-refractivity contribution in [3.63, 3.8) is 0 Å². The third-order valence-corrected chi connectivity index (χ3v) is 5.70. The Morgan fingerprint density at radius 2 is 1.94 bits per heavy atom. The fraction of sp³-hybridized carbons (Fsp3) is 0.261. The van der Waals surface area contributed by atoms with E-state index in [-0.39, 0.29) is 22.9 Å². The molecular formula is C23H24FN7O2S. The molecule has 0 spiro atoms. The van der Waals surface area contributed by atoms with E-state index in [0.717, 1.165) is 16.3 Å². The van der Waals surface area contributed by atoms with Gasteiger partial charge in [-0.25, -0.2) is 14.2 Å². The highest BCUT2D eigenvalue weighted by molar-refractivity contribution is 7.09. The molecule has 0 fully saturated rings. The van der Waals surface area contributed by atoms with Gasteiger partial charge in [0, 0.05) is 30.8 Å². The number of hydrogen-bond acceptors (Lipinski definition) is 7. The van der Waals surface area contributed by atoms with Crippen molar-refractivity contribution in [1.29, 1.82) is 0 Å². The molecule has 0 aliphatic carbocycles. The number of amides is 2. The first-order chi connectivity index (χ1) is 16.1. The lowest BCUT2D eigenvalue weighted by Crippen LogP contribution is -2.21. The third-order valence-electron chi connectivity index (χ3n) is 4.80. The van der Waals surface area contributed by atoms with E-state index in [1.807, 2.05) is 33.8 Å². The smallest absolute Gasteiger partial charge is 0.324 e. The molecule has 176 valence electrons. The van der Waals surface area contributed by atoms with Crippen LogP contribution in [0.5, 0.6) is 11.8 Å². The number of halogens is 1. The van der Waals surface area contributed by atoms with Crippen molar-refractivity contribution in [3.8, 4) is 22.3 Å². The van der Waals surface area contributed by atoms with Crippen molar-refractivity contribution in [2.45, 2.75) is 33.1 Å². The fourth-order valence-corrected chi connectivity index (χ4v) is 3.73. The average Bonchev–Trinajstić information content (AvgIpc) is 3.36. The Bertz CT molecular complexity index is 1340. The zero-order valence-corrected chi connectivity index (χ0v) is 20.2. The van der Waals surface area contributed by atoms with Gasteiger partial charge in [0.05, 0.1) is 27.6 Å². The summed E-state index contributed by atoms with van der Waals surface area (Å²) in [5, 5.41) is 9.61. The first-order valence-electron chi connectivity index (χ1n) is 10.4. The number of nitrogens with zero attached hydrogens (tertiary/aromatic N) is 5. The maximum absolute atomic E-state index is 14.4. The Hall–Kier alpha value is -3.86. The van der Waals surface area contributed by atoms with Crippen LogP contribution in [0.3, 0.4) is 0 Å². The Kier molecular flexibility index (Phi) is 6.29. The molecule has 2 amide bonds. The highest BCUT2D eigenvalue weighted by atomic mass is 32.1. The molecule has 3 heterocycles. The van der Waals surface area contributed by atoms with E-state index in [9.17, 15) is 9.18 Å². The maximum Gasteiger partial charge on any atom is 0.324 e. The molecule has 11 heteroatoms. The minimum Gasteiger partial charge on any atom is -0.424 e. The second kappa shape index (κ2) is 9.18. The zero-order valence-electron chi connectivity index (χ0n) is 19.4. The second-order valence-electron chi connectivity index (χ2n) is 8.67. The Morgan fingerprint density at radius 1 is 1.15 bits per heavy atom. The number of carbonyl (C=O) groups excluding carboxylic acids is 1. The summed E-state index contributed by atoms with van der Waals surface area (Å²) in [5.41, 5.74) is 2.16. The van der Waals surface area contributed by atoms with E-state index >= 15 is 0 Å². The van der Waals surface area contributed by atoms with Gasteiger partial charge in [-0.1, -0.05) is 20.8 Å². The van der Waals surface area contributed by atoms with Crippen molar-refractivity contribution in [1.82, 2.24) is 24.1 Å². The monoisotopic (exact) mass is 481 g/mol. The fourth-order valence-electron chi connectivity index (χ4n) is 3.00. The van der Waals surface area contributed by atoms with Crippen LogP contribution in [0.4, 0.5) is 20.7 Å². The van der Waals surface area contributed by atoms with Crippen molar-refractivity contribution < 1.29 is 13.9 Å². The lowest BCUT2D eigenvalue weighted by Gasteiger charge is -2.13. The number of benzene rings is 1. The van der Waals surface area contributed by atoms with Crippen molar-refractivity contribution in [3.05, 3.63) is 59.8 Å². The molecule has 1 aromatic carbocycles. The molecule has 0 saturated heterocycles. The molecule has 0 atom stereocenters. The van der Waals surface area contributed by atoms with Gasteiger partial charge in [-0.15, -0.1) is 0 Å².